The summed E-state index contributed by atoms with van der Waals surface area (Å²) in [6.07, 6.45) is 1.56. The minimum Gasteiger partial charge on any atom is -0.319 e. The second kappa shape index (κ2) is 5.37. The van der Waals surface area contributed by atoms with Gasteiger partial charge in [-0.2, -0.15) is 5.10 Å². The molecule has 1 amide bonds. The van der Waals surface area contributed by atoms with E-state index in [-0.39, 0.29) is 5.91 Å². The van der Waals surface area contributed by atoms with Crippen LogP contribution >= 0.6 is 15.9 Å². The van der Waals surface area contributed by atoms with Crippen LogP contribution in [0.3, 0.4) is 0 Å². The highest BCUT2D eigenvalue weighted by molar-refractivity contribution is 9.10. The molecule has 0 fully saturated rings. The average molecular weight is 325 g/mol. The third-order valence-corrected chi connectivity index (χ3v) is 3.04. The summed E-state index contributed by atoms with van der Waals surface area (Å²) in [4.78, 5) is 16.3. The molecule has 0 saturated heterocycles. The average Bonchev–Trinajstić information content (AvgIpc) is 2.70. The molecule has 2 aromatic heterocycles. The van der Waals surface area contributed by atoms with Crippen LogP contribution in [0.15, 0.2) is 16.7 Å². The Hall–Kier alpha value is -1.93. The van der Waals surface area contributed by atoms with Crippen LogP contribution in [-0.4, -0.2) is 21.1 Å². The quantitative estimate of drug-likeness (QED) is 0.507. The van der Waals surface area contributed by atoms with Gasteiger partial charge in [-0.1, -0.05) is 0 Å². The lowest BCUT2D eigenvalue weighted by molar-refractivity contribution is 0.102. The second-order valence-electron chi connectivity index (χ2n) is 3.96. The third-order valence-electron chi connectivity index (χ3n) is 2.60. The number of nitrogens with zero attached hydrogens (tertiary/aromatic N) is 2. The predicted molar refractivity (Wildman–Crippen MR) is 75.8 cm³/mol. The summed E-state index contributed by atoms with van der Waals surface area (Å²) in [5.74, 6) is 5.34. The molecule has 0 saturated carbocycles. The van der Waals surface area contributed by atoms with E-state index in [4.69, 9.17) is 5.84 Å². The zero-order valence-electron chi connectivity index (χ0n) is 10.4. The Morgan fingerprint density at radius 2 is 2.21 bits per heavy atom. The topological polar surface area (TPSA) is 109 Å². The van der Waals surface area contributed by atoms with Gasteiger partial charge >= 0.3 is 0 Å². The molecule has 0 aliphatic rings. The van der Waals surface area contributed by atoms with Crippen molar-refractivity contribution in [2.24, 2.45) is 5.84 Å². The number of nitrogens with two attached hydrogens (primary N) is 1. The van der Waals surface area contributed by atoms with Crippen molar-refractivity contribution in [2.75, 3.05) is 10.7 Å². The Morgan fingerprint density at radius 1 is 1.47 bits per heavy atom. The zero-order valence-corrected chi connectivity index (χ0v) is 12.0. The number of amides is 1. The minimum atomic E-state index is -0.311. The Bertz CT molecular complexity index is 604. The Kier molecular flexibility index (Phi) is 3.82. The number of rotatable bonds is 3. The molecule has 5 N–H and O–H groups in total. The van der Waals surface area contributed by atoms with Gasteiger partial charge in [0.15, 0.2) is 5.82 Å². The van der Waals surface area contributed by atoms with Crippen LogP contribution in [0.25, 0.3) is 0 Å². The highest BCUT2D eigenvalue weighted by Crippen LogP contribution is 2.21. The van der Waals surface area contributed by atoms with Gasteiger partial charge in [0.1, 0.15) is 0 Å². The lowest BCUT2D eigenvalue weighted by Gasteiger charge is -2.09. The summed E-state index contributed by atoms with van der Waals surface area (Å²) < 4.78 is 0.692. The number of halogens is 1. The Morgan fingerprint density at radius 3 is 2.79 bits per heavy atom. The maximum atomic E-state index is 12.2. The molecule has 0 unspecified atom stereocenters. The lowest BCUT2D eigenvalue weighted by atomic mass is 10.2. The van der Waals surface area contributed by atoms with Gasteiger partial charge in [0.25, 0.3) is 5.91 Å². The molecule has 0 aliphatic heterocycles. The van der Waals surface area contributed by atoms with E-state index in [0.29, 0.717) is 21.5 Å². The second-order valence-corrected chi connectivity index (χ2v) is 4.87. The van der Waals surface area contributed by atoms with E-state index in [0.717, 1.165) is 11.4 Å². The number of aromatic nitrogens is 3. The summed E-state index contributed by atoms with van der Waals surface area (Å²) >= 11 is 3.27. The van der Waals surface area contributed by atoms with E-state index in [1.165, 1.54) is 0 Å². The fourth-order valence-electron chi connectivity index (χ4n) is 1.64. The van der Waals surface area contributed by atoms with Crippen LogP contribution in [-0.2, 0) is 0 Å². The minimum absolute atomic E-state index is 0.305. The van der Waals surface area contributed by atoms with Crippen LogP contribution in [0, 0.1) is 13.8 Å². The number of nitrogen functional groups attached to an aromatic ring is 1. The number of H-pyrrole nitrogens is 1. The molecule has 2 rings (SSSR count). The first-order valence-electron chi connectivity index (χ1n) is 5.48. The monoisotopic (exact) mass is 324 g/mol. The normalized spacial score (nSPS) is 10.3. The molecule has 0 spiro atoms. The number of aromatic amines is 1. The van der Waals surface area contributed by atoms with E-state index >= 15 is 0 Å². The molecule has 2 aromatic rings. The van der Waals surface area contributed by atoms with Gasteiger partial charge in [-0.25, -0.2) is 10.8 Å². The number of hydrogen-bond donors (Lipinski definition) is 4. The van der Waals surface area contributed by atoms with Crippen LogP contribution in [0.4, 0.5) is 11.5 Å². The summed E-state index contributed by atoms with van der Waals surface area (Å²) in [6.45, 7) is 3.64. The van der Waals surface area contributed by atoms with Crippen molar-refractivity contribution >= 4 is 33.3 Å². The molecule has 0 atom stereocenters. The third kappa shape index (κ3) is 2.74. The first kappa shape index (κ1) is 13.5. The molecule has 100 valence electrons. The van der Waals surface area contributed by atoms with Crippen molar-refractivity contribution in [1.82, 2.24) is 15.2 Å². The largest absolute Gasteiger partial charge is 0.319 e. The van der Waals surface area contributed by atoms with Gasteiger partial charge in [-0.15, -0.1) is 0 Å². The van der Waals surface area contributed by atoms with Crippen molar-refractivity contribution in [1.29, 1.82) is 0 Å². The van der Waals surface area contributed by atoms with Crippen molar-refractivity contribution < 1.29 is 4.79 Å². The molecule has 19 heavy (non-hydrogen) atoms. The van der Waals surface area contributed by atoms with Gasteiger partial charge in [-0.3, -0.25) is 9.89 Å². The van der Waals surface area contributed by atoms with Gasteiger partial charge in [0.05, 0.1) is 22.6 Å². The van der Waals surface area contributed by atoms with Crippen molar-refractivity contribution in [3.05, 3.63) is 33.7 Å². The van der Waals surface area contributed by atoms with Crippen molar-refractivity contribution in [3.8, 4) is 0 Å². The summed E-state index contributed by atoms with van der Waals surface area (Å²) in [5, 5.41) is 9.61. The standard InChI is InChI=1S/C11H13BrN6O/c1-5-9(6(2)18-17-5)15-11(19)8-3-7(12)4-14-10(8)16-13/h3-4H,13H2,1-2H3,(H,14,16)(H,15,19)(H,17,18). The number of nitrogens with one attached hydrogen (secondary N) is 3. The van der Waals surface area contributed by atoms with E-state index in [9.17, 15) is 4.79 Å². The van der Waals surface area contributed by atoms with Gasteiger partial charge in [0.2, 0.25) is 0 Å². The molecule has 0 radical (unpaired) electrons. The molecule has 0 bridgehead atoms. The molecule has 7 nitrogen and oxygen atoms in total. The Labute approximate surface area is 118 Å². The van der Waals surface area contributed by atoms with Crippen LogP contribution < -0.4 is 16.6 Å². The number of hydrogen-bond acceptors (Lipinski definition) is 5. The summed E-state index contributed by atoms with van der Waals surface area (Å²) in [6, 6.07) is 1.64. The van der Waals surface area contributed by atoms with Gasteiger partial charge < -0.3 is 10.7 Å². The zero-order chi connectivity index (χ0) is 14.0. The van der Waals surface area contributed by atoms with Gasteiger partial charge in [-0.05, 0) is 35.8 Å². The van der Waals surface area contributed by atoms with E-state index in [2.05, 4.69) is 41.9 Å². The first-order chi connectivity index (χ1) is 9.02. The van der Waals surface area contributed by atoms with Crippen molar-refractivity contribution in [2.45, 2.75) is 13.8 Å². The van der Waals surface area contributed by atoms with E-state index in [1.54, 1.807) is 19.2 Å². The van der Waals surface area contributed by atoms with E-state index < -0.39 is 0 Å². The van der Waals surface area contributed by atoms with Crippen molar-refractivity contribution in [3.63, 3.8) is 0 Å². The number of pyridine rings is 1. The fraction of sp³-hybridized carbons (Fsp3) is 0.182. The molecule has 0 aliphatic carbocycles. The highest BCUT2D eigenvalue weighted by Gasteiger charge is 2.16. The Balaban J connectivity index is 2.32. The number of anilines is 2. The highest BCUT2D eigenvalue weighted by atomic mass is 79.9. The summed E-state index contributed by atoms with van der Waals surface area (Å²) in [7, 11) is 0. The number of carbonyl (C=O) groups is 1. The van der Waals surface area contributed by atoms with Crippen LogP contribution in [0.1, 0.15) is 21.7 Å². The van der Waals surface area contributed by atoms with Crippen LogP contribution in [0.2, 0.25) is 0 Å². The molecular weight excluding hydrogens is 312 g/mol. The molecule has 8 heteroatoms. The van der Waals surface area contributed by atoms with Crippen LogP contribution in [0.5, 0.6) is 0 Å². The first-order valence-corrected chi connectivity index (χ1v) is 6.27. The summed E-state index contributed by atoms with van der Waals surface area (Å²) in [5.41, 5.74) is 4.91. The smallest absolute Gasteiger partial charge is 0.259 e. The number of aryl methyl sites for hydroxylation is 2. The van der Waals surface area contributed by atoms with Gasteiger partial charge in [0, 0.05) is 10.7 Å². The maximum absolute atomic E-state index is 12.2. The maximum Gasteiger partial charge on any atom is 0.259 e. The SMILES string of the molecule is Cc1n[nH]c(C)c1NC(=O)c1cc(Br)cnc1NN. The predicted octanol–water partition coefficient (Wildman–Crippen LogP) is 1.72. The molecule has 0 aromatic carbocycles. The lowest BCUT2D eigenvalue weighted by Crippen LogP contribution is -2.19. The molecule has 2 heterocycles. The molecular formula is C11H13BrN6O. The number of carbonyl (C=O) groups excluding carboxylic acids is 1. The fourth-order valence-corrected chi connectivity index (χ4v) is 1.97. The number of hydrazine groups is 1. The van der Waals surface area contributed by atoms with E-state index in [1.807, 2.05) is 6.92 Å².